The highest BCUT2D eigenvalue weighted by Gasteiger charge is 2.51. The summed E-state index contributed by atoms with van der Waals surface area (Å²) in [6.07, 6.45) is 3.55. The van der Waals surface area contributed by atoms with Crippen LogP contribution in [0.15, 0.2) is 57.9 Å². The molecular formula is C21H23BrN2O3S. The van der Waals surface area contributed by atoms with Crippen molar-refractivity contribution in [3.63, 3.8) is 0 Å². The van der Waals surface area contributed by atoms with Gasteiger partial charge in [-0.25, -0.2) is 8.42 Å². The molecule has 1 aliphatic carbocycles. The van der Waals surface area contributed by atoms with Crippen LogP contribution in [0.4, 0.5) is 0 Å². The summed E-state index contributed by atoms with van der Waals surface area (Å²) in [7, 11) is -3.40. The Morgan fingerprint density at radius 3 is 2.18 bits per heavy atom. The Morgan fingerprint density at radius 2 is 1.61 bits per heavy atom. The van der Waals surface area contributed by atoms with Crippen molar-refractivity contribution in [2.75, 3.05) is 13.1 Å². The van der Waals surface area contributed by atoms with Gasteiger partial charge in [-0.3, -0.25) is 4.79 Å². The molecule has 7 heteroatoms. The fourth-order valence-corrected chi connectivity index (χ4v) is 5.53. The third-order valence-corrected chi connectivity index (χ3v) is 8.10. The van der Waals surface area contributed by atoms with Gasteiger partial charge >= 0.3 is 0 Å². The van der Waals surface area contributed by atoms with Crippen molar-refractivity contribution in [1.29, 1.82) is 0 Å². The van der Waals surface area contributed by atoms with Crippen molar-refractivity contribution in [1.82, 2.24) is 9.62 Å². The fraction of sp³-hybridized carbons (Fsp3) is 0.381. The molecule has 2 fully saturated rings. The number of halogens is 1. The first kappa shape index (κ1) is 19.6. The standard InChI is InChI=1S/C21H23BrN2O3S/c22-18-7-5-17(6-8-18)21(11-12-21)20(25)23-15-16-3-9-19(10-4-16)28(26,27)24-13-1-2-14-24/h3-10H,1-2,11-15H2,(H,23,25). The van der Waals surface area contributed by atoms with E-state index in [4.69, 9.17) is 0 Å². The second kappa shape index (κ2) is 7.61. The normalized spacial score (nSPS) is 18.8. The van der Waals surface area contributed by atoms with E-state index in [1.54, 1.807) is 28.6 Å². The molecule has 0 bridgehead atoms. The summed E-state index contributed by atoms with van der Waals surface area (Å²) in [4.78, 5) is 13.1. The van der Waals surface area contributed by atoms with Crippen molar-refractivity contribution in [3.8, 4) is 0 Å². The lowest BCUT2D eigenvalue weighted by Gasteiger charge is -2.17. The Labute approximate surface area is 174 Å². The molecular weight excluding hydrogens is 440 g/mol. The smallest absolute Gasteiger partial charge is 0.243 e. The second-order valence-corrected chi connectivity index (χ2v) is 10.4. The number of hydrogen-bond donors (Lipinski definition) is 1. The minimum Gasteiger partial charge on any atom is -0.351 e. The van der Waals surface area contributed by atoms with E-state index < -0.39 is 15.4 Å². The number of nitrogens with zero attached hydrogens (tertiary/aromatic N) is 1. The molecule has 0 unspecified atom stereocenters. The van der Waals surface area contributed by atoms with Crippen LogP contribution in [0.1, 0.15) is 36.8 Å². The predicted octanol–water partition coefficient (Wildman–Crippen LogP) is 3.58. The first-order valence-corrected chi connectivity index (χ1v) is 11.8. The van der Waals surface area contributed by atoms with Gasteiger partial charge in [0.2, 0.25) is 15.9 Å². The third kappa shape index (κ3) is 3.75. The monoisotopic (exact) mass is 462 g/mol. The van der Waals surface area contributed by atoms with Gasteiger partial charge in [-0.05, 0) is 61.1 Å². The summed E-state index contributed by atoms with van der Waals surface area (Å²) in [5.41, 5.74) is 1.51. The highest BCUT2D eigenvalue weighted by atomic mass is 79.9. The first-order chi connectivity index (χ1) is 13.4. The van der Waals surface area contributed by atoms with Crippen molar-refractivity contribution < 1.29 is 13.2 Å². The van der Waals surface area contributed by atoms with E-state index in [1.165, 1.54) is 0 Å². The third-order valence-electron chi connectivity index (χ3n) is 5.66. The van der Waals surface area contributed by atoms with Crippen molar-refractivity contribution >= 4 is 31.9 Å². The number of nitrogens with one attached hydrogen (secondary N) is 1. The number of benzene rings is 2. The maximum atomic E-state index is 12.8. The maximum absolute atomic E-state index is 12.8. The van der Waals surface area contributed by atoms with Crippen molar-refractivity contribution in [2.45, 2.75) is 42.5 Å². The molecule has 0 radical (unpaired) electrons. The van der Waals surface area contributed by atoms with Crippen LogP contribution in [0.2, 0.25) is 0 Å². The molecule has 0 aromatic heterocycles. The summed E-state index contributed by atoms with van der Waals surface area (Å²) < 4.78 is 27.7. The molecule has 1 N–H and O–H groups in total. The van der Waals surface area contributed by atoms with Gasteiger partial charge in [0, 0.05) is 24.1 Å². The Kier molecular flexibility index (Phi) is 5.33. The van der Waals surface area contributed by atoms with Crippen LogP contribution < -0.4 is 5.32 Å². The van der Waals surface area contributed by atoms with Gasteiger partial charge in [0.25, 0.3) is 0 Å². The lowest BCUT2D eigenvalue weighted by atomic mass is 9.95. The lowest BCUT2D eigenvalue weighted by molar-refractivity contribution is -0.123. The highest BCUT2D eigenvalue weighted by Crippen LogP contribution is 2.48. The molecule has 1 heterocycles. The molecule has 4 rings (SSSR count). The van der Waals surface area contributed by atoms with E-state index in [0.717, 1.165) is 41.3 Å². The van der Waals surface area contributed by atoms with Crippen LogP contribution in [0.25, 0.3) is 0 Å². The summed E-state index contributed by atoms with van der Waals surface area (Å²) in [6.45, 7) is 1.58. The summed E-state index contributed by atoms with van der Waals surface area (Å²) in [5, 5.41) is 3.02. The van der Waals surface area contributed by atoms with Crippen LogP contribution in [0, 0.1) is 0 Å². The first-order valence-electron chi connectivity index (χ1n) is 9.55. The number of sulfonamides is 1. The lowest BCUT2D eigenvalue weighted by Crippen LogP contribution is -2.34. The number of rotatable bonds is 6. The minimum atomic E-state index is -3.40. The maximum Gasteiger partial charge on any atom is 0.243 e. The van der Waals surface area contributed by atoms with Crippen LogP contribution in [-0.4, -0.2) is 31.7 Å². The molecule has 2 aromatic carbocycles. The summed E-state index contributed by atoms with van der Waals surface area (Å²) in [5.74, 6) is 0.0311. The van der Waals surface area contributed by atoms with Gasteiger partial charge in [-0.2, -0.15) is 4.31 Å². The van der Waals surface area contributed by atoms with Crippen LogP contribution in [0.3, 0.4) is 0 Å². The Bertz CT molecular complexity index is 962. The quantitative estimate of drug-likeness (QED) is 0.712. The Morgan fingerprint density at radius 1 is 1.00 bits per heavy atom. The average Bonchev–Trinajstić information content (AvgIpc) is 3.31. The number of carbonyl (C=O) groups excluding carboxylic acids is 1. The largest absolute Gasteiger partial charge is 0.351 e. The Hall–Kier alpha value is -1.70. The zero-order valence-electron chi connectivity index (χ0n) is 15.5. The van der Waals surface area contributed by atoms with Crippen molar-refractivity contribution in [3.05, 3.63) is 64.1 Å². The van der Waals surface area contributed by atoms with Gasteiger partial charge in [-0.1, -0.05) is 40.2 Å². The highest BCUT2D eigenvalue weighted by molar-refractivity contribution is 9.10. The summed E-state index contributed by atoms with van der Waals surface area (Å²) >= 11 is 3.43. The molecule has 1 aliphatic heterocycles. The predicted molar refractivity (Wildman–Crippen MR) is 111 cm³/mol. The van der Waals surface area contributed by atoms with Gasteiger partial charge in [0.1, 0.15) is 0 Å². The minimum absolute atomic E-state index is 0.0311. The molecule has 28 heavy (non-hydrogen) atoms. The summed E-state index contributed by atoms with van der Waals surface area (Å²) in [6, 6.07) is 14.7. The zero-order valence-corrected chi connectivity index (χ0v) is 17.9. The van der Waals surface area contributed by atoms with E-state index in [-0.39, 0.29) is 5.91 Å². The van der Waals surface area contributed by atoms with Crippen molar-refractivity contribution in [2.24, 2.45) is 0 Å². The molecule has 0 spiro atoms. The number of carbonyl (C=O) groups is 1. The van der Waals surface area contributed by atoms with Crippen LogP contribution >= 0.6 is 15.9 Å². The molecule has 5 nitrogen and oxygen atoms in total. The molecule has 1 saturated carbocycles. The van der Waals surface area contributed by atoms with E-state index in [1.807, 2.05) is 24.3 Å². The zero-order chi connectivity index (χ0) is 19.8. The number of amides is 1. The molecule has 1 saturated heterocycles. The fourth-order valence-electron chi connectivity index (χ4n) is 3.75. The van der Waals surface area contributed by atoms with E-state index in [2.05, 4.69) is 21.2 Å². The van der Waals surface area contributed by atoms with E-state index >= 15 is 0 Å². The second-order valence-electron chi connectivity index (χ2n) is 7.53. The van der Waals surface area contributed by atoms with Crippen LogP contribution in [0.5, 0.6) is 0 Å². The van der Waals surface area contributed by atoms with E-state index in [9.17, 15) is 13.2 Å². The van der Waals surface area contributed by atoms with Crippen LogP contribution in [-0.2, 0) is 26.8 Å². The topological polar surface area (TPSA) is 66.5 Å². The molecule has 2 aliphatic rings. The molecule has 1 amide bonds. The molecule has 148 valence electrons. The Balaban J connectivity index is 1.40. The van der Waals surface area contributed by atoms with Gasteiger partial charge in [-0.15, -0.1) is 0 Å². The number of hydrogen-bond acceptors (Lipinski definition) is 3. The SMILES string of the molecule is O=C(NCc1ccc(S(=O)(=O)N2CCCC2)cc1)C1(c2ccc(Br)cc2)CC1. The van der Waals surface area contributed by atoms with Gasteiger partial charge in [0.05, 0.1) is 10.3 Å². The van der Waals surface area contributed by atoms with Gasteiger partial charge in [0.15, 0.2) is 0 Å². The average molecular weight is 463 g/mol. The molecule has 2 aromatic rings. The van der Waals surface area contributed by atoms with E-state index in [0.29, 0.717) is 24.5 Å². The van der Waals surface area contributed by atoms with Gasteiger partial charge < -0.3 is 5.32 Å². The molecule has 0 atom stereocenters.